The Labute approximate surface area is 141 Å². The highest BCUT2D eigenvalue weighted by atomic mass is 79.9. The van der Waals surface area contributed by atoms with E-state index >= 15 is 0 Å². The number of hydrogen-bond donors (Lipinski definition) is 1. The van der Waals surface area contributed by atoms with Gasteiger partial charge < -0.3 is 5.32 Å². The molecule has 3 rings (SSSR count). The lowest BCUT2D eigenvalue weighted by Gasteiger charge is -2.12. The number of rotatable bonds is 4. The van der Waals surface area contributed by atoms with Gasteiger partial charge in [0, 0.05) is 4.47 Å². The standard InChI is InChI=1S/C14H15BrClN5O/c15-9-5-6-12(16)11(7-9)14(22)17-8-13-18-19-20-21(13)10-3-1-2-4-10/h5-7,10H,1-4,8H2,(H,17,22). The fourth-order valence-corrected chi connectivity index (χ4v) is 3.25. The van der Waals surface area contributed by atoms with E-state index in [1.54, 1.807) is 18.2 Å². The highest BCUT2D eigenvalue weighted by molar-refractivity contribution is 9.10. The topological polar surface area (TPSA) is 72.7 Å². The number of nitrogens with zero attached hydrogens (tertiary/aromatic N) is 4. The van der Waals surface area contributed by atoms with Crippen molar-refractivity contribution >= 4 is 33.4 Å². The van der Waals surface area contributed by atoms with Crippen LogP contribution in [0.2, 0.25) is 5.02 Å². The summed E-state index contributed by atoms with van der Waals surface area (Å²) in [5.41, 5.74) is 0.427. The number of hydrogen-bond acceptors (Lipinski definition) is 4. The van der Waals surface area contributed by atoms with Crippen molar-refractivity contribution in [2.45, 2.75) is 38.3 Å². The van der Waals surface area contributed by atoms with E-state index in [2.05, 4.69) is 36.8 Å². The molecule has 1 aromatic carbocycles. The molecule has 0 unspecified atom stereocenters. The van der Waals surface area contributed by atoms with Crippen molar-refractivity contribution in [2.75, 3.05) is 0 Å². The molecular formula is C14H15BrClN5O. The molecule has 1 heterocycles. The molecule has 1 amide bonds. The van der Waals surface area contributed by atoms with Crippen molar-refractivity contribution in [1.29, 1.82) is 0 Å². The molecule has 1 aromatic heterocycles. The molecule has 1 aliphatic rings. The molecule has 0 atom stereocenters. The fourth-order valence-electron chi connectivity index (χ4n) is 2.69. The normalized spacial score (nSPS) is 15.2. The van der Waals surface area contributed by atoms with Gasteiger partial charge in [0.2, 0.25) is 0 Å². The first-order valence-corrected chi connectivity index (χ1v) is 8.32. The van der Waals surface area contributed by atoms with Gasteiger partial charge in [-0.15, -0.1) is 5.10 Å². The Hall–Kier alpha value is -1.47. The third-order valence-electron chi connectivity index (χ3n) is 3.81. The molecule has 8 heteroatoms. The third kappa shape index (κ3) is 3.30. The predicted octanol–water partition coefficient (Wildman–Crippen LogP) is 3.13. The van der Waals surface area contributed by atoms with Crippen molar-refractivity contribution in [3.8, 4) is 0 Å². The molecule has 0 saturated heterocycles. The van der Waals surface area contributed by atoms with E-state index in [0.29, 0.717) is 22.5 Å². The average Bonchev–Trinajstić information content (AvgIpc) is 3.17. The number of nitrogens with one attached hydrogen (secondary N) is 1. The third-order valence-corrected chi connectivity index (χ3v) is 4.63. The number of amides is 1. The van der Waals surface area contributed by atoms with Crippen molar-refractivity contribution in [3.05, 3.63) is 39.1 Å². The SMILES string of the molecule is O=C(NCc1nnnn1C1CCCC1)c1cc(Br)ccc1Cl. The summed E-state index contributed by atoms with van der Waals surface area (Å²) in [6.07, 6.45) is 4.57. The number of carbonyl (C=O) groups is 1. The van der Waals surface area contributed by atoms with Gasteiger partial charge in [-0.2, -0.15) is 0 Å². The molecule has 0 radical (unpaired) electrons. The molecule has 1 aliphatic carbocycles. The van der Waals surface area contributed by atoms with Crippen LogP contribution in [0.3, 0.4) is 0 Å². The molecule has 0 aliphatic heterocycles. The van der Waals surface area contributed by atoms with E-state index in [0.717, 1.165) is 17.3 Å². The molecule has 22 heavy (non-hydrogen) atoms. The summed E-state index contributed by atoms with van der Waals surface area (Å²) in [7, 11) is 0. The van der Waals surface area contributed by atoms with E-state index in [4.69, 9.17) is 11.6 Å². The maximum atomic E-state index is 12.3. The zero-order valence-corrected chi connectivity index (χ0v) is 14.1. The number of carbonyl (C=O) groups excluding carboxylic acids is 1. The van der Waals surface area contributed by atoms with E-state index < -0.39 is 0 Å². The van der Waals surface area contributed by atoms with Crippen LogP contribution < -0.4 is 5.32 Å². The van der Waals surface area contributed by atoms with Gasteiger partial charge in [-0.1, -0.05) is 40.4 Å². The minimum atomic E-state index is -0.243. The minimum Gasteiger partial charge on any atom is -0.345 e. The summed E-state index contributed by atoms with van der Waals surface area (Å²) < 4.78 is 2.63. The van der Waals surface area contributed by atoms with Crippen LogP contribution in [0.1, 0.15) is 47.9 Å². The lowest BCUT2D eigenvalue weighted by atomic mass is 10.2. The zero-order valence-electron chi connectivity index (χ0n) is 11.8. The van der Waals surface area contributed by atoms with E-state index in [-0.39, 0.29) is 12.5 Å². The molecule has 0 bridgehead atoms. The summed E-state index contributed by atoms with van der Waals surface area (Å²) >= 11 is 9.40. The quantitative estimate of drug-likeness (QED) is 0.879. The molecule has 1 fully saturated rings. The van der Waals surface area contributed by atoms with E-state index in [9.17, 15) is 4.79 Å². The minimum absolute atomic E-state index is 0.243. The maximum absolute atomic E-state index is 12.3. The van der Waals surface area contributed by atoms with Gasteiger partial charge in [-0.3, -0.25) is 4.79 Å². The molecule has 1 N–H and O–H groups in total. The Morgan fingerprint density at radius 1 is 1.41 bits per heavy atom. The molecule has 2 aromatic rings. The average molecular weight is 385 g/mol. The van der Waals surface area contributed by atoms with Crippen molar-refractivity contribution < 1.29 is 4.79 Å². The Morgan fingerprint density at radius 3 is 2.95 bits per heavy atom. The van der Waals surface area contributed by atoms with Crippen LogP contribution in [0.5, 0.6) is 0 Å². The smallest absolute Gasteiger partial charge is 0.253 e. The molecule has 0 spiro atoms. The second kappa shape index (κ2) is 6.75. The van der Waals surface area contributed by atoms with E-state index in [1.165, 1.54) is 12.8 Å². The Bertz CT molecular complexity index is 684. The highest BCUT2D eigenvalue weighted by Gasteiger charge is 2.21. The van der Waals surface area contributed by atoms with Gasteiger partial charge in [0.05, 0.1) is 23.2 Å². The second-order valence-corrected chi connectivity index (χ2v) is 6.61. The zero-order chi connectivity index (χ0) is 15.5. The van der Waals surface area contributed by atoms with Crippen LogP contribution in [0.15, 0.2) is 22.7 Å². The largest absolute Gasteiger partial charge is 0.345 e. The summed E-state index contributed by atoms with van der Waals surface area (Å²) in [5, 5.41) is 15.0. The fraction of sp³-hybridized carbons (Fsp3) is 0.429. The second-order valence-electron chi connectivity index (χ2n) is 5.28. The lowest BCUT2D eigenvalue weighted by molar-refractivity contribution is 0.0949. The number of benzene rings is 1. The van der Waals surface area contributed by atoms with Gasteiger partial charge in [-0.05, 0) is 41.5 Å². The first kappa shape index (κ1) is 15.4. The molecule has 1 saturated carbocycles. The van der Waals surface area contributed by atoms with Crippen LogP contribution in [-0.2, 0) is 6.54 Å². The predicted molar refractivity (Wildman–Crippen MR) is 85.6 cm³/mol. The van der Waals surface area contributed by atoms with Gasteiger partial charge in [0.15, 0.2) is 5.82 Å². The van der Waals surface area contributed by atoms with Crippen LogP contribution in [0.25, 0.3) is 0 Å². The van der Waals surface area contributed by atoms with Gasteiger partial charge in [0.1, 0.15) is 0 Å². The van der Waals surface area contributed by atoms with Crippen LogP contribution in [0, 0.1) is 0 Å². The van der Waals surface area contributed by atoms with Gasteiger partial charge >= 0.3 is 0 Å². The summed E-state index contributed by atoms with van der Waals surface area (Å²) in [6, 6.07) is 5.51. The summed E-state index contributed by atoms with van der Waals surface area (Å²) in [6.45, 7) is 0.283. The van der Waals surface area contributed by atoms with Gasteiger partial charge in [0.25, 0.3) is 5.91 Å². The van der Waals surface area contributed by atoms with Crippen molar-refractivity contribution in [3.63, 3.8) is 0 Å². The Morgan fingerprint density at radius 2 is 2.18 bits per heavy atom. The Balaban J connectivity index is 1.69. The van der Waals surface area contributed by atoms with E-state index in [1.807, 2.05) is 4.68 Å². The summed E-state index contributed by atoms with van der Waals surface area (Å²) in [5.74, 6) is 0.429. The molecule has 116 valence electrons. The molecule has 6 nitrogen and oxygen atoms in total. The van der Waals surface area contributed by atoms with Crippen LogP contribution in [-0.4, -0.2) is 26.1 Å². The number of halogens is 2. The van der Waals surface area contributed by atoms with Crippen LogP contribution >= 0.6 is 27.5 Å². The number of aromatic nitrogens is 4. The first-order chi connectivity index (χ1) is 10.6. The van der Waals surface area contributed by atoms with Gasteiger partial charge in [-0.25, -0.2) is 4.68 Å². The molecular weight excluding hydrogens is 370 g/mol. The highest BCUT2D eigenvalue weighted by Crippen LogP contribution is 2.29. The van der Waals surface area contributed by atoms with Crippen LogP contribution in [0.4, 0.5) is 0 Å². The Kier molecular flexibility index (Phi) is 4.73. The lowest BCUT2D eigenvalue weighted by Crippen LogP contribution is -2.26. The van der Waals surface area contributed by atoms with Crippen molar-refractivity contribution in [1.82, 2.24) is 25.5 Å². The maximum Gasteiger partial charge on any atom is 0.253 e. The van der Waals surface area contributed by atoms with Crippen molar-refractivity contribution in [2.24, 2.45) is 0 Å². The monoisotopic (exact) mass is 383 g/mol. The first-order valence-electron chi connectivity index (χ1n) is 7.15. The number of tetrazole rings is 1. The summed E-state index contributed by atoms with van der Waals surface area (Å²) in [4.78, 5) is 12.3.